The molecule has 2 aromatic rings. The van der Waals surface area contributed by atoms with Crippen molar-refractivity contribution in [3.05, 3.63) is 55.6 Å². The summed E-state index contributed by atoms with van der Waals surface area (Å²) < 4.78 is 77.9. The normalized spacial score (nSPS) is 12.1. The number of sulfonamides is 1. The molecule has 0 aliphatic heterocycles. The van der Waals surface area contributed by atoms with Gasteiger partial charge >= 0.3 is 11.9 Å². The fraction of sp³-hybridized carbons (Fsp3) is 0.267. The zero-order chi connectivity index (χ0) is 23.2. The van der Waals surface area contributed by atoms with Crippen molar-refractivity contribution in [2.75, 3.05) is 9.52 Å². The third-order valence-corrected chi connectivity index (χ3v) is 6.20. The van der Waals surface area contributed by atoms with Gasteiger partial charge in [0.05, 0.1) is 16.4 Å². The molecule has 0 saturated heterocycles. The van der Waals surface area contributed by atoms with Gasteiger partial charge in [0.25, 0.3) is 15.6 Å². The van der Waals surface area contributed by atoms with Gasteiger partial charge in [0.1, 0.15) is 16.7 Å². The van der Waals surface area contributed by atoms with Crippen molar-refractivity contribution >= 4 is 44.8 Å². The number of alkyl halides is 4. The Morgan fingerprint density at radius 2 is 1.77 bits per heavy atom. The van der Waals surface area contributed by atoms with Crippen molar-refractivity contribution in [3.8, 4) is 5.69 Å². The van der Waals surface area contributed by atoms with Crippen molar-refractivity contribution in [1.82, 2.24) is 9.13 Å². The quantitative estimate of drug-likeness (QED) is 0.482. The van der Waals surface area contributed by atoms with E-state index in [1.54, 1.807) is 0 Å². The van der Waals surface area contributed by atoms with Crippen LogP contribution >= 0.6 is 23.2 Å². The summed E-state index contributed by atoms with van der Waals surface area (Å²) in [5, 5.41) is -1.67. The first kappa shape index (κ1) is 23.9. The third-order valence-electron chi connectivity index (χ3n) is 3.79. The van der Waals surface area contributed by atoms with Gasteiger partial charge in [0.15, 0.2) is 0 Å². The number of carbonyl (C=O) groups is 1. The summed E-state index contributed by atoms with van der Waals surface area (Å²) in [5.74, 6) is -2.45. The molecule has 0 bridgehead atoms. The molecule has 1 aromatic heterocycles. The minimum Gasteiger partial charge on any atom is -0.292 e. The molecular formula is C15H11Cl2F4N3O5S. The molecule has 0 radical (unpaired) electrons. The number of halogens is 6. The Morgan fingerprint density at radius 3 is 2.23 bits per heavy atom. The van der Waals surface area contributed by atoms with E-state index in [1.165, 1.54) is 0 Å². The first-order valence-electron chi connectivity index (χ1n) is 7.62. The van der Waals surface area contributed by atoms with E-state index in [1.807, 2.05) is 0 Å². The van der Waals surface area contributed by atoms with Gasteiger partial charge in [-0.1, -0.05) is 11.6 Å². The maximum atomic E-state index is 14.5. The van der Waals surface area contributed by atoms with Gasteiger partial charge in [0.2, 0.25) is 5.91 Å². The highest BCUT2D eigenvalue weighted by Gasteiger charge is 2.35. The Balaban J connectivity index is 2.92. The van der Waals surface area contributed by atoms with Crippen LogP contribution in [-0.2, 0) is 28.0 Å². The summed E-state index contributed by atoms with van der Waals surface area (Å²) in [4.78, 5) is 36.4. The highest BCUT2D eigenvalue weighted by Crippen LogP contribution is 2.33. The SMILES string of the molecule is CC(=O)N(c1cc(-n2c(=O)cc(C(F)(F)F)n(C)c2=O)c(F)cc1Cl)S(=O)(=O)CCl. The number of carbonyl (C=O) groups excluding carboxylic acids is 1. The highest BCUT2D eigenvalue weighted by atomic mass is 35.5. The first-order chi connectivity index (χ1) is 13.6. The van der Waals surface area contributed by atoms with Crippen LogP contribution in [0.1, 0.15) is 12.6 Å². The van der Waals surface area contributed by atoms with Gasteiger partial charge in [-0.2, -0.15) is 13.2 Å². The van der Waals surface area contributed by atoms with Crippen LogP contribution in [0.15, 0.2) is 27.8 Å². The fourth-order valence-corrected chi connectivity index (χ4v) is 4.05. The molecule has 0 N–H and O–H groups in total. The number of amides is 1. The van der Waals surface area contributed by atoms with Crippen LogP contribution in [0.2, 0.25) is 5.02 Å². The molecule has 8 nitrogen and oxygen atoms in total. The summed E-state index contributed by atoms with van der Waals surface area (Å²) >= 11 is 11.2. The van der Waals surface area contributed by atoms with E-state index in [9.17, 15) is 40.4 Å². The molecular weight excluding hydrogens is 481 g/mol. The Kier molecular flexibility index (Phi) is 6.40. The Morgan fingerprint density at radius 1 is 1.20 bits per heavy atom. The zero-order valence-corrected chi connectivity index (χ0v) is 17.3. The van der Waals surface area contributed by atoms with Crippen molar-refractivity contribution in [2.24, 2.45) is 7.05 Å². The number of hydrogen-bond acceptors (Lipinski definition) is 5. The predicted octanol–water partition coefficient (Wildman–Crippen LogP) is 2.23. The summed E-state index contributed by atoms with van der Waals surface area (Å²) in [5.41, 5.74) is -6.29. The van der Waals surface area contributed by atoms with Crippen molar-refractivity contribution < 1.29 is 30.8 Å². The second-order valence-electron chi connectivity index (χ2n) is 5.80. The van der Waals surface area contributed by atoms with E-state index >= 15 is 0 Å². The average molecular weight is 492 g/mol. The number of nitrogens with zero attached hydrogens (tertiary/aromatic N) is 3. The summed E-state index contributed by atoms with van der Waals surface area (Å²) in [6, 6.07) is 1.13. The van der Waals surface area contributed by atoms with Crippen molar-refractivity contribution in [2.45, 2.75) is 13.1 Å². The Bertz CT molecular complexity index is 1250. The molecule has 15 heteroatoms. The largest absolute Gasteiger partial charge is 0.431 e. The second-order valence-corrected chi connectivity index (χ2v) is 8.61. The minimum absolute atomic E-state index is 0.0377. The van der Waals surface area contributed by atoms with E-state index in [-0.39, 0.29) is 19.5 Å². The molecule has 1 aromatic carbocycles. The Labute approximate surface area is 175 Å². The van der Waals surface area contributed by atoms with E-state index in [0.717, 1.165) is 6.92 Å². The molecule has 30 heavy (non-hydrogen) atoms. The van der Waals surface area contributed by atoms with Crippen LogP contribution < -0.4 is 15.6 Å². The smallest absolute Gasteiger partial charge is 0.292 e. The summed E-state index contributed by atoms with van der Waals surface area (Å²) in [7, 11) is -3.77. The van der Waals surface area contributed by atoms with Gasteiger partial charge in [-0.15, -0.1) is 11.6 Å². The van der Waals surface area contributed by atoms with Gasteiger partial charge < -0.3 is 0 Å². The van der Waals surface area contributed by atoms with Crippen LogP contribution in [-0.4, -0.2) is 28.7 Å². The molecule has 0 saturated carbocycles. The number of benzene rings is 1. The molecule has 0 unspecified atom stereocenters. The molecule has 0 atom stereocenters. The minimum atomic E-state index is -5.05. The lowest BCUT2D eigenvalue weighted by atomic mass is 10.2. The van der Waals surface area contributed by atoms with Gasteiger partial charge in [-0.05, 0) is 12.1 Å². The summed E-state index contributed by atoms with van der Waals surface area (Å²) in [6.07, 6.45) is -5.05. The molecule has 2 rings (SSSR count). The van der Waals surface area contributed by atoms with E-state index in [2.05, 4.69) is 0 Å². The summed E-state index contributed by atoms with van der Waals surface area (Å²) in [6.45, 7) is 0.826. The number of aromatic nitrogens is 2. The monoisotopic (exact) mass is 491 g/mol. The number of hydrogen-bond donors (Lipinski definition) is 0. The molecule has 0 aliphatic carbocycles. The van der Waals surface area contributed by atoms with Crippen LogP contribution in [0.25, 0.3) is 5.69 Å². The van der Waals surface area contributed by atoms with E-state index < -0.39 is 66.5 Å². The predicted molar refractivity (Wildman–Crippen MR) is 100 cm³/mol. The topological polar surface area (TPSA) is 98.4 Å². The third kappa shape index (κ3) is 4.23. The molecule has 164 valence electrons. The fourth-order valence-electron chi connectivity index (χ4n) is 2.54. The van der Waals surface area contributed by atoms with Crippen molar-refractivity contribution in [1.29, 1.82) is 0 Å². The first-order valence-corrected chi connectivity index (χ1v) is 10.1. The van der Waals surface area contributed by atoms with E-state index in [0.29, 0.717) is 19.2 Å². The van der Waals surface area contributed by atoms with Crippen LogP contribution in [0.5, 0.6) is 0 Å². The number of rotatable bonds is 4. The lowest BCUT2D eigenvalue weighted by molar-refractivity contribution is -0.144. The average Bonchev–Trinajstić information content (AvgIpc) is 2.60. The standard InChI is InChI=1S/C15H11Cl2F4N3O5S/c1-7(25)24(30(28,29)6-16)10-4-11(9(18)3-8(10)17)23-13(26)5-12(15(19,20)21)22(2)14(23)27/h3-5H,6H2,1-2H3. The highest BCUT2D eigenvalue weighted by molar-refractivity contribution is 7.94. The van der Waals surface area contributed by atoms with Crippen LogP contribution in [0, 0.1) is 5.82 Å². The van der Waals surface area contributed by atoms with Crippen LogP contribution in [0.3, 0.4) is 0 Å². The Hall–Kier alpha value is -2.38. The second kappa shape index (κ2) is 8.04. The maximum absolute atomic E-state index is 14.5. The molecule has 0 fully saturated rings. The van der Waals surface area contributed by atoms with Crippen LogP contribution in [0.4, 0.5) is 23.2 Å². The van der Waals surface area contributed by atoms with Gasteiger partial charge in [-0.25, -0.2) is 26.5 Å². The van der Waals surface area contributed by atoms with Gasteiger partial charge in [0, 0.05) is 20.0 Å². The lowest BCUT2D eigenvalue weighted by Crippen LogP contribution is -2.41. The molecule has 1 heterocycles. The lowest BCUT2D eigenvalue weighted by Gasteiger charge is -2.22. The van der Waals surface area contributed by atoms with E-state index in [4.69, 9.17) is 23.2 Å². The molecule has 0 spiro atoms. The molecule has 0 aliphatic rings. The van der Waals surface area contributed by atoms with Gasteiger partial charge in [-0.3, -0.25) is 14.2 Å². The maximum Gasteiger partial charge on any atom is 0.431 e. The molecule has 1 amide bonds. The van der Waals surface area contributed by atoms with Crippen molar-refractivity contribution in [3.63, 3.8) is 0 Å². The zero-order valence-electron chi connectivity index (χ0n) is 15.0. The number of anilines is 1.